The van der Waals surface area contributed by atoms with Gasteiger partial charge in [0.15, 0.2) is 0 Å². The van der Waals surface area contributed by atoms with Crippen molar-refractivity contribution in [2.45, 2.75) is 71.8 Å². The Balaban J connectivity index is 2.38. The summed E-state index contributed by atoms with van der Waals surface area (Å²) in [5.74, 6) is -0.917. The molecule has 1 rings (SSSR count). The van der Waals surface area contributed by atoms with Gasteiger partial charge in [0, 0.05) is 12.6 Å². The Morgan fingerprint density at radius 2 is 1.78 bits per heavy atom. The summed E-state index contributed by atoms with van der Waals surface area (Å²) in [6.45, 7) is 6.94. The van der Waals surface area contributed by atoms with Crippen molar-refractivity contribution in [3.05, 3.63) is 0 Å². The van der Waals surface area contributed by atoms with E-state index in [1.807, 2.05) is 0 Å². The molecule has 2 N–H and O–H groups in total. The van der Waals surface area contributed by atoms with Crippen molar-refractivity contribution in [1.82, 2.24) is 5.32 Å². The standard InChI is InChI=1S/C15H29NO2/c1-15(2,3)10-12(14(17)18)11-16-13-8-6-4-5-7-9-13/h12-13,16H,4-11H2,1-3H3,(H,17,18). The number of rotatable bonds is 5. The monoisotopic (exact) mass is 255 g/mol. The minimum absolute atomic E-state index is 0.0776. The van der Waals surface area contributed by atoms with Crippen LogP contribution in [0.5, 0.6) is 0 Å². The number of carboxylic acid groups (broad SMARTS) is 1. The molecule has 1 aliphatic rings. The van der Waals surface area contributed by atoms with Crippen LogP contribution in [0, 0.1) is 11.3 Å². The zero-order valence-electron chi connectivity index (χ0n) is 12.2. The Hall–Kier alpha value is -0.570. The molecule has 106 valence electrons. The highest BCUT2D eigenvalue weighted by Gasteiger charge is 2.25. The summed E-state index contributed by atoms with van der Waals surface area (Å²) in [7, 11) is 0. The number of aliphatic carboxylic acids is 1. The van der Waals surface area contributed by atoms with Gasteiger partial charge in [0.2, 0.25) is 0 Å². The largest absolute Gasteiger partial charge is 0.481 e. The van der Waals surface area contributed by atoms with Crippen molar-refractivity contribution >= 4 is 5.97 Å². The molecule has 0 aromatic carbocycles. The second-order valence-electron chi connectivity index (χ2n) is 6.90. The molecule has 3 heteroatoms. The maximum atomic E-state index is 11.3. The zero-order chi connectivity index (χ0) is 13.6. The van der Waals surface area contributed by atoms with Gasteiger partial charge in [-0.05, 0) is 24.7 Å². The van der Waals surface area contributed by atoms with Crippen molar-refractivity contribution in [1.29, 1.82) is 0 Å². The fourth-order valence-corrected chi connectivity index (χ4v) is 2.78. The third kappa shape index (κ3) is 6.39. The molecule has 1 aliphatic carbocycles. The lowest BCUT2D eigenvalue weighted by molar-refractivity contribution is -0.142. The number of carbonyl (C=O) groups is 1. The van der Waals surface area contributed by atoms with Crippen LogP contribution in [0.1, 0.15) is 65.7 Å². The molecule has 0 bridgehead atoms. The summed E-state index contributed by atoms with van der Waals surface area (Å²) in [6, 6.07) is 0.536. The second kappa shape index (κ2) is 7.13. The van der Waals surface area contributed by atoms with Gasteiger partial charge in [-0.1, -0.05) is 46.5 Å². The molecule has 0 aromatic heterocycles. The molecule has 3 nitrogen and oxygen atoms in total. The van der Waals surface area contributed by atoms with Crippen LogP contribution in [0.3, 0.4) is 0 Å². The van der Waals surface area contributed by atoms with Gasteiger partial charge >= 0.3 is 5.97 Å². The van der Waals surface area contributed by atoms with Crippen LogP contribution >= 0.6 is 0 Å². The van der Waals surface area contributed by atoms with E-state index >= 15 is 0 Å². The van der Waals surface area contributed by atoms with Crippen molar-refractivity contribution < 1.29 is 9.90 Å². The number of hydrogen-bond donors (Lipinski definition) is 2. The normalized spacial score (nSPS) is 20.4. The summed E-state index contributed by atoms with van der Waals surface area (Å²) >= 11 is 0. The van der Waals surface area contributed by atoms with Crippen molar-refractivity contribution in [3.63, 3.8) is 0 Å². The maximum absolute atomic E-state index is 11.3. The first-order valence-corrected chi connectivity index (χ1v) is 7.35. The van der Waals surface area contributed by atoms with Gasteiger partial charge in [0.1, 0.15) is 0 Å². The van der Waals surface area contributed by atoms with E-state index in [0.717, 1.165) is 6.42 Å². The first-order chi connectivity index (χ1) is 8.38. The van der Waals surface area contributed by atoms with Crippen LogP contribution < -0.4 is 5.32 Å². The van der Waals surface area contributed by atoms with Crippen LogP contribution in [0.25, 0.3) is 0 Å². The quantitative estimate of drug-likeness (QED) is 0.740. The summed E-state index contributed by atoms with van der Waals surface area (Å²) in [4.78, 5) is 11.3. The lowest BCUT2D eigenvalue weighted by atomic mass is 9.84. The Morgan fingerprint density at radius 3 is 2.22 bits per heavy atom. The van der Waals surface area contributed by atoms with Gasteiger partial charge in [-0.25, -0.2) is 0 Å². The predicted octanol–water partition coefficient (Wildman–Crippen LogP) is 3.44. The van der Waals surface area contributed by atoms with Crippen LogP contribution in [0.15, 0.2) is 0 Å². The van der Waals surface area contributed by atoms with Crippen LogP contribution in [0.2, 0.25) is 0 Å². The number of nitrogens with one attached hydrogen (secondary N) is 1. The molecule has 0 aromatic rings. The van der Waals surface area contributed by atoms with E-state index in [2.05, 4.69) is 26.1 Å². The molecule has 0 aliphatic heterocycles. The Morgan fingerprint density at radius 1 is 1.22 bits per heavy atom. The molecule has 0 saturated heterocycles. The molecule has 0 heterocycles. The SMILES string of the molecule is CC(C)(C)CC(CNC1CCCCCC1)C(=O)O. The van der Waals surface area contributed by atoms with E-state index in [9.17, 15) is 9.90 Å². The highest BCUT2D eigenvalue weighted by Crippen LogP contribution is 2.25. The van der Waals surface area contributed by atoms with Gasteiger partial charge in [-0.2, -0.15) is 0 Å². The lowest BCUT2D eigenvalue weighted by Crippen LogP contribution is -2.37. The van der Waals surface area contributed by atoms with Gasteiger partial charge in [-0.3, -0.25) is 4.79 Å². The Labute approximate surface area is 111 Å². The highest BCUT2D eigenvalue weighted by atomic mass is 16.4. The molecule has 1 saturated carbocycles. The minimum Gasteiger partial charge on any atom is -0.481 e. The molecule has 1 atom stereocenters. The van der Waals surface area contributed by atoms with Gasteiger partial charge in [-0.15, -0.1) is 0 Å². The first-order valence-electron chi connectivity index (χ1n) is 7.35. The molecular formula is C15H29NO2. The highest BCUT2D eigenvalue weighted by molar-refractivity contribution is 5.70. The van der Waals surface area contributed by atoms with Gasteiger partial charge in [0.25, 0.3) is 0 Å². The van der Waals surface area contributed by atoms with E-state index in [-0.39, 0.29) is 11.3 Å². The van der Waals surface area contributed by atoms with Crippen LogP contribution in [-0.2, 0) is 4.79 Å². The first kappa shape index (κ1) is 15.5. The fraction of sp³-hybridized carbons (Fsp3) is 0.933. The molecule has 1 fully saturated rings. The molecule has 18 heavy (non-hydrogen) atoms. The van der Waals surface area contributed by atoms with E-state index in [1.54, 1.807) is 0 Å². The molecule has 0 amide bonds. The molecule has 0 radical (unpaired) electrons. The smallest absolute Gasteiger partial charge is 0.307 e. The third-order valence-electron chi connectivity index (χ3n) is 3.72. The maximum Gasteiger partial charge on any atom is 0.307 e. The second-order valence-corrected chi connectivity index (χ2v) is 6.90. The summed E-state index contributed by atoms with van der Waals surface area (Å²) in [5, 5.41) is 12.8. The predicted molar refractivity (Wildman–Crippen MR) is 74.7 cm³/mol. The number of carboxylic acids is 1. The average molecular weight is 255 g/mol. The third-order valence-corrected chi connectivity index (χ3v) is 3.72. The van der Waals surface area contributed by atoms with Gasteiger partial charge in [0.05, 0.1) is 5.92 Å². The Bertz CT molecular complexity index is 250. The van der Waals surface area contributed by atoms with Crippen LogP contribution in [-0.4, -0.2) is 23.7 Å². The molecule has 1 unspecified atom stereocenters. The summed E-state index contributed by atoms with van der Waals surface area (Å²) < 4.78 is 0. The lowest BCUT2D eigenvalue weighted by Gasteiger charge is -2.25. The number of hydrogen-bond acceptors (Lipinski definition) is 2. The molecule has 0 spiro atoms. The van der Waals surface area contributed by atoms with Gasteiger partial charge < -0.3 is 10.4 Å². The Kier molecular flexibility index (Phi) is 6.13. The van der Waals surface area contributed by atoms with Crippen LogP contribution in [0.4, 0.5) is 0 Å². The van der Waals surface area contributed by atoms with E-state index < -0.39 is 5.97 Å². The summed E-state index contributed by atoms with van der Waals surface area (Å²) in [5.41, 5.74) is 0.0776. The zero-order valence-corrected chi connectivity index (χ0v) is 12.2. The topological polar surface area (TPSA) is 49.3 Å². The van der Waals surface area contributed by atoms with E-state index in [4.69, 9.17) is 0 Å². The van der Waals surface area contributed by atoms with E-state index in [0.29, 0.717) is 12.6 Å². The minimum atomic E-state index is -0.661. The van der Waals surface area contributed by atoms with Crippen molar-refractivity contribution in [2.75, 3.05) is 6.54 Å². The fourth-order valence-electron chi connectivity index (χ4n) is 2.78. The van der Waals surface area contributed by atoms with Crippen molar-refractivity contribution in [2.24, 2.45) is 11.3 Å². The summed E-state index contributed by atoms with van der Waals surface area (Å²) in [6.07, 6.45) is 8.40. The van der Waals surface area contributed by atoms with Crippen molar-refractivity contribution in [3.8, 4) is 0 Å². The average Bonchev–Trinajstić information content (AvgIpc) is 2.50. The molecular weight excluding hydrogens is 226 g/mol. The van der Waals surface area contributed by atoms with E-state index in [1.165, 1.54) is 38.5 Å².